The fraction of sp³-hybridized carbons (Fsp3) is 0.185. The molecule has 1 atom stereocenters. The summed E-state index contributed by atoms with van der Waals surface area (Å²) in [5, 5.41) is 12.1. The quantitative estimate of drug-likeness (QED) is 0.369. The number of allylic oxidation sites excluding steroid dienone is 1. The standard InChI is InChI=1S/C27H21Cl2N3O2S/c28-20-8-4-18(5-9-20)15-34-23-10-6-19(7-11-23)24-13-26(33)32-16-31(17-35-27(32)25(24)14-30)22-3-1-2-21(29)12-22/h1-12,24H,13,15-17H2/t24-/m1/s1. The topological polar surface area (TPSA) is 56.6 Å². The van der Waals surface area contributed by atoms with E-state index < -0.39 is 0 Å². The van der Waals surface area contributed by atoms with E-state index in [0.717, 1.165) is 27.6 Å². The minimum Gasteiger partial charge on any atom is -0.489 e. The van der Waals surface area contributed by atoms with Crippen LogP contribution in [-0.2, 0) is 11.4 Å². The van der Waals surface area contributed by atoms with Crippen LogP contribution in [0, 0.1) is 11.3 Å². The summed E-state index contributed by atoms with van der Waals surface area (Å²) in [5.74, 6) is 1.10. The van der Waals surface area contributed by atoms with Crippen molar-refractivity contribution in [2.75, 3.05) is 17.4 Å². The van der Waals surface area contributed by atoms with Gasteiger partial charge in [-0.3, -0.25) is 9.69 Å². The lowest BCUT2D eigenvalue weighted by Gasteiger charge is -2.42. The van der Waals surface area contributed by atoms with Crippen LogP contribution in [0.1, 0.15) is 23.5 Å². The van der Waals surface area contributed by atoms with E-state index in [-0.39, 0.29) is 18.2 Å². The number of nitrogens with zero attached hydrogens (tertiary/aromatic N) is 3. The van der Waals surface area contributed by atoms with E-state index in [1.165, 1.54) is 11.8 Å². The first kappa shape index (κ1) is 23.6. The van der Waals surface area contributed by atoms with Gasteiger partial charge in [0, 0.05) is 28.1 Å². The summed E-state index contributed by atoms with van der Waals surface area (Å²) >= 11 is 13.6. The van der Waals surface area contributed by atoms with Crippen molar-refractivity contribution in [3.05, 3.63) is 105 Å². The van der Waals surface area contributed by atoms with Crippen LogP contribution in [0.2, 0.25) is 10.0 Å². The normalized spacial score (nSPS) is 17.7. The minimum atomic E-state index is -0.269. The van der Waals surface area contributed by atoms with E-state index in [4.69, 9.17) is 27.9 Å². The second-order valence-electron chi connectivity index (χ2n) is 8.33. The number of rotatable bonds is 5. The Bertz CT molecular complexity index is 1320. The van der Waals surface area contributed by atoms with Crippen LogP contribution < -0.4 is 9.64 Å². The highest BCUT2D eigenvalue weighted by Gasteiger charge is 2.38. The Morgan fingerprint density at radius 2 is 1.80 bits per heavy atom. The third-order valence-corrected chi connectivity index (χ3v) is 7.71. The Kier molecular flexibility index (Phi) is 6.92. The van der Waals surface area contributed by atoms with Gasteiger partial charge in [0.15, 0.2) is 0 Å². The molecule has 1 saturated heterocycles. The number of ether oxygens (including phenoxy) is 1. The van der Waals surface area contributed by atoms with Crippen LogP contribution in [0.25, 0.3) is 0 Å². The van der Waals surface area contributed by atoms with Crippen molar-refractivity contribution in [2.45, 2.75) is 18.9 Å². The van der Waals surface area contributed by atoms with Gasteiger partial charge in [-0.15, -0.1) is 0 Å². The van der Waals surface area contributed by atoms with Crippen LogP contribution in [0.15, 0.2) is 83.4 Å². The molecule has 8 heteroatoms. The van der Waals surface area contributed by atoms with Gasteiger partial charge in [-0.2, -0.15) is 5.26 Å². The summed E-state index contributed by atoms with van der Waals surface area (Å²) in [6, 6.07) is 25.1. The van der Waals surface area contributed by atoms with Crippen molar-refractivity contribution in [1.82, 2.24) is 4.90 Å². The van der Waals surface area contributed by atoms with E-state index in [0.29, 0.717) is 34.8 Å². The van der Waals surface area contributed by atoms with Crippen LogP contribution >= 0.6 is 35.0 Å². The number of nitriles is 1. The number of fused-ring (bicyclic) bond motifs is 1. The van der Waals surface area contributed by atoms with Gasteiger partial charge in [-0.25, -0.2) is 0 Å². The Hall–Kier alpha value is -3.11. The molecule has 0 N–H and O–H groups in total. The molecule has 2 aliphatic rings. The highest BCUT2D eigenvalue weighted by atomic mass is 35.5. The third kappa shape index (κ3) is 5.13. The zero-order valence-electron chi connectivity index (χ0n) is 18.7. The van der Waals surface area contributed by atoms with Crippen molar-refractivity contribution in [1.29, 1.82) is 5.26 Å². The minimum absolute atomic E-state index is 0.00583. The molecule has 176 valence electrons. The van der Waals surface area contributed by atoms with E-state index in [1.807, 2.05) is 72.8 Å². The SMILES string of the molecule is N#CC1=C2SCN(c3cccc(Cl)c3)CN2C(=O)C[C@@H]1c1ccc(OCc2ccc(Cl)cc2)cc1. The van der Waals surface area contributed by atoms with E-state index in [1.54, 1.807) is 4.90 Å². The van der Waals surface area contributed by atoms with Crippen molar-refractivity contribution < 1.29 is 9.53 Å². The van der Waals surface area contributed by atoms with E-state index in [9.17, 15) is 10.1 Å². The van der Waals surface area contributed by atoms with Crippen LogP contribution in [0.4, 0.5) is 5.69 Å². The van der Waals surface area contributed by atoms with Gasteiger partial charge in [0.1, 0.15) is 12.4 Å². The van der Waals surface area contributed by atoms with Crippen molar-refractivity contribution >= 4 is 46.6 Å². The third-order valence-electron chi connectivity index (χ3n) is 6.07. The van der Waals surface area contributed by atoms with E-state index >= 15 is 0 Å². The molecule has 0 radical (unpaired) electrons. The number of anilines is 1. The number of halogens is 2. The van der Waals surface area contributed by atoms with Gasteiger partial charge < -0.3 is 9.64 Å². The molecule has 0 unspecified atom stereocenters. The molecule has 5 nitrogen and oxygen atoms in total. The number of carbonyl (C=O) groups excluding carboxylic acids is 1. The van der Waals surface area contributed by atoms with Crippen molar-refractivity contribution in [2.24, 2.45) is 0 Å². The molecule has 0 aromatic heterocycles. The van der Waals surface area contributed by atoms with Gasteiger partial charge in [0.2, 0.25) is 5.91 Å². The second kappa shape index (κ2) is 10.2. The molecule has 3 aromatic carbocycles. The maximum Gasteiger partial charge on any atom is 0.229 e. The van der Waals surface area contributed by atoms with E-state index in [2.05, 4.69) is 11.0 Å². The predicted octanol–water partition coefficient (Wildman–Crippen LogP) is 6.79. The monoisotopic (exact) mass is 521 g/mol. The number of benzene rings is 3. The molecular weight excluding hydrogens is 501 g/mol. The van der Waals surface area contributed by atoms with Crippen LogP contribution in [0.5, 0.6) is 5.75 Å². The summed E-state index contributed by atoms with van der Waals surface area (Å²) in [6.07, 6.45) is 0.251. The molecule has 1 amide bonds. The molecule has 2 aliphatic heterocycles. The molecule has 0 saturated carbocycles. The first-order valence-electron chi connectivity index (χ1n) is 11.1. The summed E-state index contributed by atoms with van der Waals surface area (Å²) in [6.45, 7) is 0.831. The van der Waals surface area contributed by atoms with Gasteiger partial charge in [0.25, 0.3) is 0 Å². The Morgan fingerprint density at radius 3 is 2.51 bits per heavy atom. The molecule has 1 fully saturated rings. The Balaban J connectivity index is 1.32. The Labute approximate surface area is 218 Å². The molecular formula is C27H21Cl2N3O2S. The summed E-state index contributed by atoms with van der Waals surface area (Å²) in [7, 11) is 0. The number of amides is 1. The number of hydrogen-bond donors (Lipinski definition) is 0. The maximum atomic E-state index is 13.1. The summed E-state index contributed by atoms with van der Waals surface area (Å²) in [4.78, 5) is 16.9. The largest absolute Gasteiger partial charge is 0.489 e. The zero-order valence-corrected chi connectivity index (χ0v) is 21.0. The fourth-order valence-corrected chi connectivity index (χ4v) is 5.71. The average Bonchev–Trinajstić information content (AvgIpc) is 2.88. The van der Waals surface area contributed by atoms with Gasteiger partial charge in [0.05, 0.1) is 29.2 Å². The van der Waals surface area contributed by atoms with Crippen molar-refractivity contribution in [3.8, 4) is 11.8 Å². The molecule has 2 heterocycles. The van der Waals surface area contributed by atoms with Gasteiger partial charge in [-0.05, 0) is 53.6 Å². The highest BCUT2D eigenvalue weighted by molar-refractivity contribution is 8.03. The van der Waals surface area contributed by atoms with Crippen LogP contribution in [0.3, 0.4) is 0 Å². The molecule has 35 heavy (non-hydrogen) atoms. The molecule has 3 aromatic rings. The number of carbonyl (C=O) groups is 1. The second-order valence-corrected chi connectivity index (χ2v) is 10.1. The molecule has 0 bridgehead atoms. The van der Waals surface area contributed by atoms with Crippen LogP contribution in [-0.4, -0.2) is 23.4 Å². The molecule has 5 rings (SSSR count). The number of hydrogen-bond acceptors (Lipinski definition) is 5. The van der Waals surface area contributed by atoms with Gasteiger partial charge >= 0.3 is 0 Å². The fourth-order valence-electron chi connectivity index (χ4n) is 4.23. The predicted molar refractivity (Wildman–Crippen MR) is 140 cm³/mol. The summed E-state index contributed by atoms with van der Waals surface area (Å²) < 4.78 is 5.88. The highest BCUT2D eigenvalue weighted by Crippen LogP contribution is 2.43. The zero-order chi connectivity index (χ0) is 24.4. The lowest BCUT2D eigenvalue weighted by Crippen LogP contribution is -2.47. The number of thioether (sulfide) groups is 1. The van der Waals surface area contributed by atoms with Crippen molar-refractivity contribution in [3.63, 3.8) is 0 Å². The smallest absolute Gasteiger partial charge is 0.229 e. The maximum absolute atomic E-state index is 13.1. The van der Waals surface area contributed by atoms with Gasteiger partial charge in [-0.1, -0.05) is 65.3 Å². The lowest BCUT2D eigenvalue weighted by molar-refractivity contribution is -0.129. The summed E-state index contributed by atoms with van der Waals surface area (Å²) in [5.41, 5.74) is 3.54. The lowest BCUT2D eigenvalue weighted by atomic mass is 9.86. The first-order valence-corrected chi connectivity index (χ1v) is 12.8. The molecule has 0 spiro atoms. The average molecular weight is 522 g/mol. The first-order chi connectivity index (χ1) is 17.0. The Morgan fingerprint density at radius 1 is 1.03 bits per heavy atom. The molecule has 0 aliphatic carbocycles.